The van der Waals surface area contributed by atoms with Crippen LogP contribution < -0.4 is 0 Å². The second kappa shape index (κ2) is 4.87. The molecule has 1 N–H and O–H groups in total. The number of rotatable bonds is 2. The molecule has 0 radical (unpaired) electrons. The molecule has 2 rings (SSSR count). The summed E-state index contributed by atoms with van der Waals surface area (Å²) in [4.78, 5) is 0. The quantitative estimate of drug-likeness (QED) is 0.616. The van der Waals surface area contributed by atoms with Gasteiger partial charge in [0.05, 0.1) is 0 Å². The van der Waals surface area contributed by atoms with E-state index < -0.39 is 0 Å². The standard InChI is InChI=1S/C14H14O2/c1-11-6-7-14-12(9-11)10-13(16-14)5-3-2-4-8-15/h6-7,9-10,15H,2,4,8H2,1H3. The van der Waals surface area contributed by atoms with Crippen molar-refractivity contribution in [3.05, 3.63) is 35.6 Å². The molecule has 0 saturated heterocycles. The first-order chi connectivity index (χ1) is 7.79. The van der Waals surface area contributed by atoms with E-state index in [1.807, 2.05) is 18.2 Å². The van der Waals surface area contributed by atoms with Crippen LogP contribution in [0.25, 0.3) is 11.0 Å². The third-order valence-electron chi connectivity index (χ3n) is 2.34. The summed E-state index contributed by atoms with van der Waals surface area (Å²) in [6, 6.07) is 8.02. The summed E-state index contributed by atoms with van der Waals surface area (Å²) in [5.41, 5.74) is 2.09. The molecule has 0 saturated carbocycles. The fraction of sp³-hybridized carbons (Fsp3) is 0.286. The van der Waals surface area contributed by atoms with E-state index >= 15 is 0 Å². The number of furan rings is 1. The maximum atomic E-state index is 8.62. The van der Waals surface area contributed by atoms with Crippen molar-refractivity contribution in [1.82, 2.24) is 0 Å². The Labute approximate surface area is 94.9 Å². The lowest BCUT2D eigenvalue weighted by Gasteiger charge is -1.89. The second-order valence-electron chi connectivity index (χ2n) is 3.78. The van der Waals surface area contributed by atoms with E-state index in [0.29, 0.717) is 18.6 Å². The highest BCUT2D eigenvalue weighted by Crippen LogP contribution is 2.19. The highest BCUT2D eigenvalue weighted by Gasteiger charge is 2.00. The topological polar surface area (TPSA) is 33.4 Å². The minimum atomic E-state index is 0.188. The van der Waals surface area contributed by atoms with Crippen molar-refractivity contribution in [3.63, 3.8) is 0 Å². The maximum absolute atomic E-state index is 8.62. The monoisotopic (exact) mass is 214 g/mol. The van der Waals surface area contributed by atoms with Gasteiger partial charge in [0, 0.05) is 24.5 Å². The van der Waals surface area contributed by atoms with Crippen molar-refractivity contribution in [2.24, 2.45) is 0 Å². The Balaban J connectivity index is 2.21. The number of aryl methyl sites for hydroxylation is 1. The van der Waals surface area contributed by atoms with Crippen LogP contribution in [0.5, 0.6) is 0 Å². The molecule has 0 atom stereocenters. The molecule has 0 aliphatic rings. The van der Waals surface area contributed by atoms with Gasteiger partial charge in [-0.1, -0.05) is 17.6 Å². The molecule has 0 aliphatic heterocycles. The summed E-state index contributed by atoms with van der Waals surface area (Å²) < 4.78 is 5.57. The first-order valence-electron chi connectivity index (χ1n) is 5.39. The van der Waals surface area contributed by atoms with Crippen molar-refractivity contribution >= 4 is 11.0 Å². The van der Waals surface area contributed by atoms with Gasteiger partial charge in [-0.05, 0) is 31.4 Å². The largest absolute Gasteiger partial charge is 0.448 e. The van der Waals surface area contributed by atoms with Crippen LogP contribution in [0.4, 0.5) is 0 Å². The van der Waals surface area contributed by atoms with E-state index in [9.17, 15) is 0 Å². The SMILES string of the molecule is Cc1ccc2oc(C#CCCCO)cc2c1. The molecule has 0 bridgehead atoms. The van der Waals surface area contributed by atoms with Crippen LogP contribution in [0.2, 0.25) is 0 Å². The van der Waals surface area contributed by atoms with E-state index in [1.54, 1.807) is 0 Å². The molecule has 2 aromatic rings. The summed E-state index contributed by atoms with van der Waals surface area (Å²) in [6.45, 7) is 2.24. The summed E-state index contributed by atoms with van der Waals surface area (Å²) >= 11 is 0. The van der Waals surface area contributed by atoms with Gasteiger partial charge in [-0.3, -0.25) is 0 Å². The zero-order valence-electron chi connectivity index (χ0n) is 9.29. The summed E-state index contributed by atoms with van der Waals surface area (Å²) in [7, 11) is 0. The molecule has 16 heavy (non-hydrogen) atoms. The van der Waals surface area contributed by atoms with E-state index in [1.165, 1.54) is 5.56 Å². The number of aliphatic hydroxyl groups is 1. The minimum Gasteiger partial charge on any atom is -0.448 e. The van der Waals surface area contributed by atoms with Crippen LogP contribution in [0.3, 0.4) is 0 Å². The number of hydrogen-bond acceptors (Lipinski definition) is 2. The number of aliphatic hydroxyl groups excluding tert-OH is 1. The van der Waals surface area contributed by atoms with Crippen LogP contribution in [-0.4, -0.2) is 11.7 Å². The van der Waals surface area contributed by atoms with E-state index in [4.69, 9.17) is 9.52 Å². The van der Waals surface area contributed by atoms with Gasteiger partial charge in [0.25, 0.3) is 0 Å². The first kappa shape index (κ1) is 10.8. The molecule has 1 aromatic heterocycles. The Morgan fingerprint density at radius 2 is 2.19 bits per heavy atom. The van der Waals surface area contributed by atoms with Crippen molar-refractivity contribution in [2.75, 3.05) is 6.61 Å². The van der Waals surface area contributed by atoms with Gasteiger partial charge in [-0.15, -0.1) is 0 Å². The normalized spacial score (nSPS) is 10.1. The van der Waals surface area contributed by atoms with Gasteiger partial charge in [-0.25, -0.2) is 0 Å². The number of benzene rings is 1. The fourth-order valence-electron chi connectivity index (χ4n) is 1.54. The number of unbranched alkanes of at least 4 members (excludes halogenated alkanes) is 1. The summed E-state index contributed by atoms with van der Waals surface area (Å²) in [5, 5.41) is 9.71. The molecule has 2 heteroatoms. The van der Waals surface area contributed by atoms with E-state index in [2.05, 4.69) is 24.8 Å². The predicted octanol–water partition coefficient (Wildman–Crippen LogP) is 2.87. The van der Waals surface area contributed by atoms with Gasteiger partial charge in [0.15, 0.2) is 5.76 Å². The molecule has 0 aliphatic carbocycles. The molecule has 1 aromatic carbocycles. The highest BCUT2D eigenvalue weighted by atomic mass is 16.3. The molecule has 0 fully saturated rings. The Hall–Kier alpha value is -1.72. The molecular formula is C14H14O2. The van der Waals surface area contributed by atoms with Crippen molar-refractivity contribution in [1.29, 1.82) is 0 Å². The van der Waals surface area contributed by atoms with E-state index in [0.717, 1.165) is 11.0 Å². The van der Waals surface area contributed by atoms with Crippen LogP contribution in [0.1, 0.15) is 24.2 Å². The van der Waals surface area contributed by atoms with Gasteiger partial charge in [0.1, 0.15) is 5.58 Å². The van der Waals surface area contributed by atoms with Crippen molar-refractivity contribution < 1.29 is 9.52 Å². The third-order valence-corrected chi connectivity index (χ3v) is 2.34. The maximum Gasteiger partial charge on any atom is 0.178 e. The minimum absolute atomic E-state index is 0.188. The molecule has 0 amide bonds. The lowest BCUT2D eigenvalue weighted by Crippen LogP contribution is -1.78. The Morgan fingerprint density at radius 3 is 3.00 bits per heavy atom. The second-order valence-corrected chi connectivity index (χ2v) is 3.78. The van der Waals surface area contributed by atoms with Crippen LogP contribution >= 0.6 is 0 Å². The van der Waals surface area contributed by atoms with Gasteiger partial charge in [-0.2, -0.15) is 0 Å². The van der Waals surface area contributed by atoms with Crippen LogP contribution in [0.15, 0.2) is 28.7 Å². The van der Waals surface area contributed by atoms with Crippen LogP contribution in [0, 0.1) is 18.8 Å². The molecular weight excluding hydrogens is 200 g/mol. The average molecular weight is 214 g/mol. The molecule has 0 unspecified atom stereocenters. The van der Waals surface area contributed by atoms with E-state index in [-0.39, 0.29) is 6.61 Å². The van der Waals surface area contributed by atoms with Gasteiger partial charge in [0.2, 0.25) is 0 Å². The van der Waals surface area contributed by atoms with Crippen molar-refractivity contribution in [3.8, 4) is 11.8 Å². The zero-order valence-corrected chi connectivity index (χ0v) is 9.29. The smallest absolute Gasteiger partial charge is 0.178 e. The van der Waals surface area contributed by atoms with Gasteiger partial charge >= 0.3 is 0 Å². The zero-order chi connectivity index (χ0) is 11.4. The third kappa shape index (κ3) is 2.44. The number of hydrogen-bond donors (Lipinski definition) is 1. The Kier molecular flexibility index (Phi) is 3.28. The highest BCUT2D eigenvalue weighted by molar-refractivity contribution is 5.79. The first-order valence-corrected chi connectivity index (χ1v) is 5.39. The average Bonchev–Trinajstić information content (AvgIpc) is 2.66. The predicted molar refractivity (Wildman–Crippen MR) is 64.1 cm³/mol. The Bertz CT molecular complexity index is 541. The molecule has 0 spiro atoms. The molecule has 2 nitrogen and oxygen atoms in total. The molecule has 1 heterocycles. The summed E-state index contributed by atoms with van der Waals surface area (Å²) in [6.07, 6.45) is 1.42. The van der Waals surface area contributed by atoms with Gasteiger partial charge < -0.3 is 9.52 Å². The molecule has 82 valence electrons. The lowest BCUT2D eigenvalue weighted by molar-refractivity contribution is 0.290. The summed E-state index contributed by atoms with van der Waals surface area (Å²) in [5.74, 6) is 6.63. The van der Waals surface area contributed by atoms with Crippen molar-refractivity contribution in [2.45, 2.75) is 19.8 Å². The fourth-order valence-corrected chi connectivity index (χ4v) is 1.54. The Morgan fingerprint density at radius 1 is 1.31 bits per heavy atom. The lowest BCUT2D eigenvalue weighted by atomic mass is 10.2. The number of fused-ring (bicyclic) bond motifs is 1. The van der Waals surface area contributed by atoms with Crippen LogP contribution in [-0.2, 0) is 0 Å².